The first-order chi connectivity index (χ1) is 8.66. The van der Waals surface area contributed by atoms with Gasteiger partial charge in [0.15, 0.2) is 0 Å². The Labute approximate surface area is 113 Å². The van der Waals surface area contributed by atoms with Crippen molar-refractivity contribution in [2.24, 2.45) is 7.05 Å². The van der Waals surface area contributed by atoms with Crippen LogP contribution >= 0.6 is 11.6 Å². The summed E-state index contributed by atoms with van der Waals surface area (Å²) in [4.78, 5) is 4.29. The Kier molecular flexibility index (Phi) is 4.39. The van der Waals surface area contributed by atoms with E-state index in [4.69, 9.17) is 11.6 Å². The minimum absolute atomic E-state index is 0.832. The molecule has 0 amide bonds. The smallest absolute Gasteiger partial charge is 0.109 e. The highest BCUT2D eigenvalue weighted by molar-refractivity contribution is 6.31. The summed E-state index contributed by atoms with van der Waals surface area (Å²) in [5.74, 6) is 1.10. The van der Waals surface area contributed by atoms with Gasteiger partial charge in [-0.25, -0.2) is 4.98 Å². The van der Waals surface area contributed by atoms with Crippen molar-refractivity contribution in [1.29, 1.82) is 0 Å². The average molecular weight is 264 g/mol. The summed E-state index contributed by atoms with van der Waals surface area (Å²) in [6.45, 7) is 3.77. The monoisotopic (exact) mass is 263 g/mol. The Morgan fingerprint density at radius 1 is 1.39 bits per heavy atom. The molecule has 4 heteroatoms. The Morgan fingerprint density at radius 3 is 2.89 bits per heavy atom. The van der Waals surface area contributed by atoms with Gasteiger partial charge in [0.2, 0.25) is 0 Å². The number of aromatic nitrogens is 2. The number of hydrogen-bond donors (Lipinski definition) is 1. The largest absolute Gasteiger partial charge is 0.338 e. The molecule has 96 valence electrons. The van der Waals surface area contributed by atoms with E-state index >= 15 is 0 Å². The maximum Gasteiger partial charge on any atom is 0.109 e. The fraction of sp³-hybridized carbons (Fsp3) is 0.357. The van der Waals surface area contributed by atoms with Crippen LogP contribution in [0.2, 0.25) is 5.02 Å². The molecule has 0 atom stereocenters. The Bertz CT molecular complexity index is 520. The molecule has 0 fully saturated rings. The second kappa shape index (κ2) is 6.03. The molecular formula is C14H18ClN3. The molecule has 0 aliphatic heterocycles. The van der Waals surface area contributed by atoms with Crippen molar-refractivity contribution in [1.82, 2.24) is 14.9 Å². The highest BCUT2D eigenvalue weighted by Crippen LogP contribution is 2.16. The lowest BCUT2D eigenvalue weighted by molar-refractivity contribution is 0.655. The summed E-state index contributed by atoms with van der Waals surface area (Å²) in [7, 11) is 2.02. The van der Waals surface area contributed by atoms with Crippen LogP contribution in [0.25, 0.3) is 0 Å². The molecule has 0 bridgehead atoms. The molecule has 1 aromatic heterocycles. The normalized spacial score (nSPS) is 10.8. The van der Waals surface area contributed by atoms with Gasteiger partial charge in [-0.05, 0) is 24.1 Å². The van der Waals surface area contributed by atoms with Gasteiger partial charge < -0.3 is 9.88 Å². The lowest BCUT2D eigenvalue weighted by atomic mass is 10.1. The topological polar surface area (TPSA) is 29.9 Å². The molecular weight excluding hydrogens is 246 g/mol. The summed E-state index contributed by atoms with van der Waals surface area (Å²) >= 11 is 6.09. The van der Waals surface area contributed by atoms with Crippen LogP contribution < -0.4 is 5.32 Å². The first-order valence-corrected chi connectivity index (χ1v) is 6.46. The minimum Gasteiger partial charge on any atom is -0.338 e. The van der Waals surface area contributed by atoms with Gasteiger partial charge >= 0.3 is 0 Å². The first kappa shape index (κ1) is 13.1. The zero-order valence-corrected chi connectivity index (χ0v) is 11.5. The Balaban J connectivity index is 1.78. The van der Waals surface area contributed by atoms with Crippen LogP contribution in [0.3, 0.4) is 0 Å². The van der Waals surface area contributed by atoms with E-state index < -0.39 is 0 Å². The quantitative estimate of drug-likeness (QED) is 0.841. The highest BCUT2D eigenvalue weighted by atomic mass is 35.5. The van der Waals surface area contributed by atoms with E-state index in [-0.39, 0.29) is 0 Å². The molecule has 18 heavy (non-hydrogen) atoms. The number of halogens is 1. The number of rotatable bonds is 5. The van der Waals surface area contributed by atoms with Crippen molar-refractivity contribution >= 4 is 11.6 Å². The van der Waals surface area contributed by atoms with E-state index in [1.807, 2.05) is 37.0 Å². The van der Waals surface area contributed by atoms with E-state index in [9.17, 15) is 0 Å². The van der Waals surface area contributed by atoms with E-state index in [2.05, 4.69) is 22.4 Å². The second-order valence-electron chi connectivity index (χ2n) is 4.46. The van der Waals surface area contributed by atoms with Gasteiger partial charge in [-0.3, -0.25) is 0 Å². The van der Waals surface area contributed by atoms with Gasteiger partial charge in [-0.15, -0.1) is 0 Å². The number of aryl methyl sites for hydroxylation is 2. The van der Waals surface area contributed by atoms with Crippen molar-refractivity contribution in [3.63, 3.8) is 0 Å². The summed E-state index contributed by atoms with van der Waals surface area (Å²) in [5, 5.41) is 4.23. The number of imidazole rings is 1. The molecule has 0 aliphatic rings. The summed E-state index contributed by atoms with van der Waals surface area (Å²) in [5.41, 5.74) is 2.33. The van der Waals surface area contributed by atoms with Crippen LogP contribution in [0, 0.1) is 6.92 Å². The van der Waals surface area contributed by atoms with Gasteiger partial charge in [0, 0.05) is 44.0 Å². The molecule has 0 saturated heterocycles. The van der Waals surface area contributed by atoms with Crippen LogP contribution in [0.5, 0.6) is 0 Å². The molecule has 1 N–H and O–H groups in total. The molecule has 2 rings (SSSR count). The van der Waals surface area contributed by atoms with E-state index in [1.165, 1.54) is 5.56 Å². The zero-order chi connectivity index (χ0) is 13.0. The van der Waals surface area contributed by atoms with Crippen molar-refractivity contribution in [2.75, 3.05) is 6.54 Å². The maximum absolute atomic E-state index is 6.09. The third-order valence-corrected chi connectivity index (χ3v) is 3.42. The van der Waals surface area contributed by atoms with Gasteiger partial charge in [0.1, 0.15) is 5.82 Å². The molecule has 0 saturated carbocycles. The first-order valence-electron chi connectivity index (χ1n) is 6.09. The van der Waals surface area contributed by atoms with Crippen LogP contribution in [0.15, 0.2) is 30.6 Å². The number of nitrogens with zero attached hydrogens (tertiary/aromatic N) is 2. The van der Waals surface area contributed by atoms with Crippen LogP contribution in [0.1, 0.15) is 17.0 Å². The van der Waals surface area contributed by atoms with Crippen LogP contribution in [-0.4, -0.2) is 16.1 Å². The third kappa shape index (κ3) is 3.34. The molecule has 1 aromatic carbocycles. The van der Waals surface area contributed by atoms with Gasteiger partial charge in [0.05, 0.1) is 0 Å². The number of hydrogen-bond acceptors (Lipinski definition) is 2. The van der Waals surface area contributed by atoms with E-state index in [0.717, 1.165) is 35.9 Å². The van der Waals surface area contributed by atoms with Crippen LogP contribution in [-0.2, 0) is 20.0 Å². The average Bonchev–Trinajstić information content (AvgIpc) is 2.75. The van der Waals surface area contributed by atoms with Crippen molar-refractivity contribution in [2.45, 2.75) is 19.9 Å². The standard InChI is InChI=1S/C14H18ClN3/c1-11-3-4-12(9-13(11)15)10-16-6-5-14-17-7-8-18(14)2/h3-4,7-9,16H,5-6,10H2,1-2H3. The van der Waals surface area contributed by atoms with Gasteiger partial charge in [-0.2, -0.15) is 0 Å². The van der Waals surface area contributed by atoms with Crippen molar-refractivity contribution in [3.8, 4) is 0 Å². The van der Waals surface area contributed by atoms with Crippen molar-refractivity contribution in [3.05, 3.63) is 52.6 Å². The predicted molar refractivity (Wildman–Crippen MR) is 74.8 cm³/mol. The number of benzene rings is 1. The van der Waals surface area contributed by atoms with E-state index in [0.29, 0.717) is 0 Å². The summed E-state index contributed by atoms with van der Waals surface area (Å²) < 4.78 is 2.05. The van der Waals surface area contributed by atoms with E-state index in [1.54, 1.807) is 0 Å². The molecule has 0 radical (unpaired) electrons. The van der Waals surface area contributed by atoms with Gasteiger partial charge in [0.25, 0.3) is 0 Å². The predicted octanol–water partition coefficient (Wildman–Crippen LogP) is 2.71. The molecule has 0 aliphatic carbocycles. The highest BCUT2D eigenvalue weighted by Gasteiger charge is 2.00. The molecule has 3 nitrogen and oxygen atoms in total. The minimum atomic E-state index is 0.832. The van der Waals surface area contributed by atoms with Crippen LogP contribution in [0.4, 0.5) is 0 Å². The van der Waals surface area contributed by atoms with Crippen molar-refractivity contribution < 1.29 is 0 Å². The lowest BCUT2D eigenvalue weighted by Crippen LogP contribution is -2.18. The van der Waals surface area contributed by atoms with Gasteiger partial charge in [-0.1, -0.05) is 23.7 Å². The summed E-state index contributed by atoms with van der Waals surface area (Å²) in [6, 6.07) is 6.18. The lowest BCUT2D eigenvalue weighted by Gasteiger charge is -2.06. The maximum atomic E-state index is 6.09. The Hall–Kier alpha value is -1.32. The third-order valence-electron chi connectivity index (χ3n) is 3.01. The molecule has 0 spiro atoms. The Morgan fingerprint density at radius 2 is 2.22 bits per heavy atom. The summed E-state index contributed by atoms with van der Waals surface area (Å²) in [6.07, 6.45) is 4.73. The SMILES string of the molecule is Cc1ccc(CNCCc2nccn2C)cc1Cl. The molecule has 1 heterocycles. The molecule has 0 unspecified atom stereocenters. The fourth-order valence-electron chi connectivity index (χ4n) is 1.82. The fourth-order valence-corrected chi connectivity index (χ4v) is 2.02. The zero-order valence-electron chi connectivity index (χ0n) is 10.8. The number of nitrogens with one attached hydrogen (secondary N) is 1. The molecule has 2 aromatic rings. The second-order valence-corrected chi connectivity index (χ2v) is 4.87.